The smallest absolute Gasteiger partial charge is 0.251 e. The summed E-state index contributed by atoms with van der Waals surface area (Å²) in [6, 6.07) is 10.6. The molecule has 0 spiro atoms. The molecule has 5 nitrogen and oxygen atoms in total. The van der Waals surface area contributed by atoms with Crippen LogP contribution in [0.5, 0.6) is 0 Å². The van der Waals surface area contributed by atoms with Gasteiger partial charge in [0.25, 0.3) is 5.91 Å². The summed E-state index contributed by atoms with van der Waals surface area (Å²) in [5.41, 5.74) is 1.16. The molecule has 2 aromatic rings. The van der Waals surface area contributed by atoms with Gasteiger partial charge < -0.3 is 5.32 Å². The van der Waals surface area contributed by atoms with Gasteiger partial charge in [-0.3, -0.25) is 4.79 Å². The fraction of sp³-hybridized carbons (Fsp3) is 0.188. The normalized spacial score (nSPS) is 11.3. The molecule has 0 fully saturated rings. The number of benzene rings is 2. The second-order valence-electron chi connectivity index (χ2n) is 5.12. The van der Waals surface area contributed by atoms with Crippen molar-refractivity contribution < 1.29 is 17.6 Å². The second kappa shape index (κ2) is 6.89. The first kappa shape index (κ1) is 17.1. The standard InChI is InChI=1S/C16H17FN2O3S/c1-11-6-7-13(10-15(11)23(18,21)22)16(20)19-9-8-12-4-2-3-5-14(12)17/h2-7,10H,8-9H2,1H3,(H,19,20)(H2,18,21,22). The quantitative estimate of drug-likeness (QED) is 0.872. The van der Waals surface area contributed by atoms with Crippen molar-refractivity contribution in [2.24, 2.45) is 5.14 Å². The minimum atomic E-state index is -3.89. The summed E-state index contributed by atoms with van der Waals surface area (Å²) >= 11 is 0. The maximum atomic E-state index is 13.5. The maximum Gasteiger partial charge on any atom is 0.251 e. The van der Waals surface area contributed by atoms with E-state index in [0.717, 1.165) is 0 Å². The van der Waals surface area contributed by atoms with E-state index < -0.39 is 15.9 Å². The lowest BCUT2D eigenvalue weighted by molar-refractivity contribution is 0.0954. The van der Waals surface area contributed by atoms with E-state index in [1.54, 1.807) is 25.1 Å². The molecule has 0 aliphatic carbocycles. The molecule has 23 heavy (non-hydrogen) atoms. The van der Waals surface area contributed by atoms with Crippen molar-refractivity contribution in [3.05, 3.63) is 65.0 Å². The number of primary sulfonamides is 1. The monoisotopic (exact) mass is 336 g/mol. The highest BCUT2D eigenvalue weighted by molar-refractivity contribution is 7.89. The van der Waals surface area contributed by atoms with Gasteiger partial charge in [-0.2, -0.15) is 0 Å². The summed E-state index contributed by atoms with van der Waals surface area (Å²) in [6.45, 7) is 1.83. The first-order chi connectivity index (χ1) is 10.8. The minimum Gasteiger partial charge on any atom is -0.352 e. The number of amides is 1. The molecule has 0 saturated carbocycles. The molecule has 2 aromatic carbocycles. The summed E-state index contributed by atoms with van der Waals surface area (Å²) < 4.78 is 36.4. The van der Waals surface area contributed by atoms with Crippen LogP contribution in [0, 0.1) is 12.7 Å². The highest BCUT2D eigenvalue weighted by Gasteiger charge is 2.15. The Morgan fingerprint density at radius 3 is 2.57 bits per heavy atom. The molecule has 1 amide bonds. The van der Waals surface area contributed by atoms with Gasteiger partial charge in [0, 0.05) is 12.1 Å². The Balaban J connectivity index is 2.06. The Kier molecular flexibility index (Phi) is 5.12. The van der Waals surface area contributed by atoms with Crippen LogP contribution in [-0.2, 0) is 16.4 Å². The molecule has 7 heteroatoms. The molecule has 0 atom stereocenters. The van der Waals surface area contributed by atoms with Crippen LogP contribution < -0.4 is 10.5 Å². The van der Waals surface area contributed by atoms with Gasteiger partial charge in [0.15, 0.2) is 0 Å². The molecule has 0 aliphatic heterocycles. The highest BCUT2D eigenvalue weighted by atomic mass is 32.2. The van der Waals surface area contributed by atoms with Crippen molar-refractivity contribution in [3.8, 4) is 0 Å². The maximum absolute atomic E-state index is 13.5. The molecule has 0 bridgehead atoms. The van der Waals surface area contributed by atoms with Crippen LogP contribution >= 0.6 is 0 Å². The Labute approximate surface area is 134 Å². The van der Waals surface area contributed by atoms with E-state index in [1.165, 1.54) is 24.3 Å². The fourth-order valence-electron chi connectivity index (χ4n) is 2.16. The Hall–Kier alpha value is -2.25. The first-order valence-electron chi connectivity index (χ1n) is 6.94. The fourth-order valence-corrected chi connectivity index (χ4v) is 2.97. The second-order valence-corrected chi connectivity index (χ2v) is 6.65. The molecule has 122 valence electrons. The number of sulfonamides is 1. The van der Waals surface area contributed by atoms with Crippen LogP contribution in [0.2, 0.25) is 0 Å². The van der Waals surface area contributed by atoms with E-state index >= 15 is 0 Å². The van der Waals surface area contributed by atoms with Gasteiger partial charge >= 0.3 is 0 Å². The summed E-state index contributed by atoms with van der Waals surface area (Å²) in [5.74, 6) is -0.764. The Morgan fingerprint density at radius 2 is 1.91 bits per heavy atom. The van der Waals surface area contributed by atoms with Crippen LogP contribution in [0.1, 0.15) is 21.5 Å². The summed E-state index contributed by atoms with van der Waals surface area (Å²) in [7, 11) is -3.89. The average Bonchev–Trinajstić information content (AvgIpc) is 2.48. The van der Waals surface area contributed by atoms with E-state index in [1.807, 2.05) is 0 Å². The molecule has 3 N–H and O–H groups in total. The first-order valence-corrected chi connectivity index (χ1v) is 8.49. The lowest BCUT2D eigenvalue weighted by atomic mass is 10.1. The van der Waals surface area contributed by atoms with Crippen molar-refractivity contribution in [3.63, 3.8) is 0 Å². The molecule has 0 heterocycles. The Morgan fingerprint density at radius 1 is 1.22 bits per heavy atom. The number of aryl methyl sites for hydroxylation is 1. The number of nitrogens with two attached hydrogens (primary N) is 1. The molecular weight excluding hydrogens is 319 g/mol. The molecule has 0 radical (unpaired) electrons. The van der Waals surface area contributed by atoms with Crippen molar-refractivity contribution in [1.29, 1.82) is 0 Å². The number of rotatable bonds is 5. The van der Waals surface area contributed by atoms with E-state index in [2.05, 4.69) is 5.32 Å². The number of carbonyl (C=O) groups is 1. The van der Waals surface area contributed by atoms with Gasteiger partial charge in [0.05, 0.1) is 4.90 Å². The van der Waals surface area contributed by atoms with E-state index in [0.29, 0.717) is 17.5 Å². The van der Waals surface area contributed by atoms with Crippen molar-refractivity contribution in [1.82, 2.24) is 5.32 Å². The largest absolute Gasteiger partial charge is 0.352 e. The summed E-state index contributed by atoms with van der Waals surface area (Å²) in [5, 5.41) is 7.75. The van der Waals surface area contributed by atoms with Crippen molar-refractivity contribution >= 4 is 15.9 Å². The highest BCUT2D eigenvalue weighted by Crippen LogP contribution is 2.15. The predicted molar refractivity (Wildman–Crippen MR) is 85.0 cm³/mol. The number of hydrogen-bond donors (Lipinski definition) is 2. The van der Waals surface area contributed by atoms with Crippen LogP contribution in [-0.4, -0.2) is 20.9 Å². The van der Waals surface area contributed by atoms with E-state index in [-0.39, 0.29) is 22.8 Å². The average molecular weight is 336 g/mol. The zero-order valence-corrected chi connectivity index (χ0v) is 13.4. The van der Waals surface area contributed by atoms with Crippen LogP contribution in [0.4, 0.5) is 4.39 Å². The predicted octanol–water partition coefficient (Wildman–Crippen LogP) is 1.75. The van der Waals surface area contributed by atoms with E-state index in [9.17, 15) is 17.6 Å². The van der Waals surface area contributed by atoms with Crippen molar-refractivity contribution in [2.45, 2.75) is 18.2 Å². The third kappa shape index (κ3) is 4.37. The molecule has 0 saturated heterocycles. The van der Waals surface area contributed by atoms with Gasteiger partial charge in [-0.05, 0) is 42.7 Å². The van der Waals surface area contributed by atoms with Crippen LogP contribution in [0.3, 0.4) is 0 Å². The summed E-state index contributed by atoms with van der Waals surface area (Å²) in [4.78, 5) is 12.0. The molecule has 0 aliphatic rings. The number of nitrogens with one attached hydrogen (secondary N) is 1. The molecular formula is C16H17FN2O3S. The lowest BCUT2D eigenvalue weighted by Gasteiger charge is -2.09. The van der Waals surface area contributed by atoms with E-state index in [4.69, 9.17) is 5.14 Å². The SMILES string of the molecule is Cc1ccc(C(=O)NCCc2ccccc2F)cc1S(N)(=O)=O. The topological polar surface area (TPSA) is 89.3 Å². The number of hydrogen-bond acceptors (Lipinski definition) is 3. The molecule has 2 rings (SSSR count). The van der Waals surface area contributed by atoms with Crippen molar-refractivity contribution in [2.75, 3.05) is 6.54 Å². The van der Waals surface area contributed by atoms with Gasteiger partial charge in [-0.15, -0.1) is 0 Å². The van der Waals surface area contributed by atoms with Gasteiger partial charge in [0.1, 0.15) is 5.82 Å². The van der Waals surface area contributed by atoms with Crippen LogP contribution in [0.25, 0.3) is 0 Å². The van der Waals surface area contributed by atoms with Gasteiger partial charge in [-0.1, -0.05) is 24.3 Å². The Bertz CT molecular complexity index is 835. The zero-order chi connectivity index (χ0) is 17.0. The van der Waals surface area contributed by atoms with Gasteiger partial charge in [-0.25, -0.2) is 17.9 Å². The summed E-state index contributed by atoms with van der Waals surface area (Å²) in [6.07, 6.45) is 0.340. The molecule has 0 unspecified atom stereocenters. The third-order valence-electron chi connectivity index (χ3n) is 3.39. The number of carbonyl (C=O) groups excluding carboxylic acids is 1. The minimum absolute atomic E-state index is 0.0840. The van der Waals surface area contributed by atoms with Gasteiger partial charge in [0.2, 0.25) is 10.0 Å². The third-order valence-corrected chi connectivity index (χ3v) is 4.45. The lowest BCUT2D eigenvalue weighted by Crippen LogP contribution is -2.26. The number of halogens is 1. The molecule has 0 aromatic heterocycles. The zero-order valence-electron chi connectivity index (χ0n) is 12.5. The van der Waals surface area contributed by atoms with Crippen LogP contribution in [0.15, 0.2) is 47.4 Å².